The fourth-order valence-corrected chi connectivity index (χ4v) is 1.74. The Labute approximate surface area is 109 Å². The van der Waals surface area contributed by atoms with Gasteiger partial charge in [-0.2, -0.15) is 0 Å². The van der Waals surface area contributed by atoms with Crippen molar-refractivity contribution in [2.75, 3.05) is 13.7 Å². The minimum atomic E-state index is -0.413. The number of carbonyl (C=O) groups is 2. The van der Waals surface area contributed by atoms with Gasteiger partial charge in [-0.05, 0) is 25.1 Å². The van der Waals surface area contributed by atoms with E-state index in [0.717, 1.165) is 0 Å². The van der Waals surface area contributed by atoms with Crippen LogP contribution in [0.5, 0.6) is 0 Å². The van der Waals surface area contributed by atoms with Gasteiger partial charge in [0.25, 0.3) is 0 Å². The van der Waals surface area contributed by atoms with Crippen LogP contribution >= 0.6 is 0 Å². The summed E-state index contributed by atoms with van der Waals surface area (Å²) < 4.78 is 9.49. The van der Waals surface area contributed by atoms with Gasteiger partial charge in [-0.15, -0.1) is 0 Å². The predicted molar refractivity (Wildman–Crippen MR) is 67.8 cm³/mol. The molecule has 1 aromatic carbocycles. The number of nitrogens with one attached hydrogen (secondary N) is 1. The lowest BCUT2D eigenvalue weighted by atomic mass is 10.2. The van der Waals surface area contributed by atoms with Crippen LogP contribution in [0.2, 0.25) is 0 Å². The molecule has 0 unspecified atom stereocenters. The highest BCUT2D eigenvalue weighted by atomic mass is 16.5. The van der Waals surface area contributed by atoms with Gasteiger partial charge in [-0.3, -0.25) is 4.79 Å². The van der Waals surface area contributed by atoms with Crippen LogP contribution in [0.15, 0.2) is 18.2 Å². The lowest BCUT2D eigenvalue weighted by Crippen LogP contribution is -2.08. The molecule has 0 aliphatic carbocycles. The molecule has 100 valence electrons. The van der Waals surface area contributed by atoms with Crippen molar-refractivity contribution in [1.82, 2.24) is 9.97 Å². The second-order valence-electron chi connectivity index (χ2n) is 3.89. The first-order valence-electron chi connectivity index (χ1n) is 5.86. The molecule has 6 nitrogen and oxygen atoms in total. The summed E-state index contributed by atoms with van der Waals surface area (Å²) in [6.45, 7) is 2.09. The van der Waals surface area contributed by atoms with Gasteiger partial charge in [0.15, 0.2) is 0 Å². The molecule has 0 fully saturated rings. The fourth-order valence-electron chi connectivity index (χ4n) is 1.74. The second-order valence-corrected chi connectivity index (χ2v) is 3.89. The SMILES string of the molecule is CCOC(=O)Cc1nc2ccc(C(=O)OC)cc2[nH]1. The highest BCUT2D eigenvalue weighted by Crippen LogP contribution is 2.15. The number of methoxy groups -OCH3 is 1. The molecular weight excluding hydrogens is 248 g/mol. The van der Waals surface area contributed by atoms with E-state index >= 15 is 0 Å². The van der Waals surface area contributed by atoms with Crippen LogP contribution in [-0.2, 0) is 20.7 Å². The maximum atomic E-state index is 11.4. The summed E-state index contributed by atoms with van der Waals surface area (Å²) in [5.74, 6) is -0.242. The number of ether oxygens (including phenoxy) is 2. The fraction of sp³-hybridized carbons (Fsp3) is 0.308. The van der Waals surface area contributed by atoms with Crippen molar-refractivity contribution in [2.45, 2.75) is 13.3 Å². The number of aromatic amines is 1. The Morgan fingerprint density at radius 2 is 2.16 bits per heavy atom. The Kier molecular flexibility index (Phi) is 3.79. The van der Waals surface area contributed by atoms with Gasteiger partial charge in [-0.25, -0.2) is 9.78 Å². The van der Waals surface area contributed by atoms with E-state index in [1.165, 1.54) is 7.11 Å². The summed E-state index contributed by atoms with van der Waals surface area (Å²) in [5.41, 5.74) is 1.80. The van der Waals surface area contributed by atoms with Crippen LogP contribution in [0.4, 0.5) is 0 Å². The molecule has 0 amide bonds. The van der Waals surface area contributed by atoms with Gasteiger partial charge in [0.1, 0.15) is 12.2 Å². The molecular formula is C13H14N2O4. The maximum Gasteiger partial charge on any atom is 0.337 e. The number of carbonyl (C=O) groups excluding carboxylic acids is 2. The molecule has 0 aliphatic heterocycles. The lowest BCUT2D eigenvalue weighted by Gasteiger charge is -1.98. The van der Waals surface area contributed by atoms with Crippen LogP contribution in [0, 0.1) is 0 Å². The van der Waals surface area contributed by atoms with Gasteiger partial charge >= 0.3 is 11.9 Å². The Hall–Kier alpha value is -2.37. The first-order chi connectivity index (χ1) is 9.13. The van der Waals surface area contributed by atoms with Crippen molar-refractivity contribution in [3.63, 3.8) is 0 Å². The number of hydrogen-bond donors (Lipinski definition) is 1. The zero-order valence-corrected chi connectivity index (χ0v) is 10.7. The van der Waals surface area contributed by atoms with E-state index in [9.17, 15) is 9.59 Å². The Morgan fingerprint density at radius 3 is 2.84 bits per heavy atom. The molecule has 0 saturated heterocycles. The summed E-state index contributed by atoms with van der Waals surface area (Å²) >= 11 is 0. The second kappa shape index (κ2) is 5.51. The number of H-pyrrole nitrogens is 1. The third kappa shape index (κ3) is 2.90. The van der Waals surface area contributed by atoms with Gasteiger partial charge in [0.05, 0.1) is 30.3 Å². The molecule has 2 rings (SSSR count). The van der Waals surface area contributed by atoms with E-state index in [0.29, 0.717) is 29.0 Å². The molecule has 1 N–H and O–H groups in total. The lowest BCUT2D eigenvalue weighted by molar-refractivity contribution is -0.142. The van der Waals surface area contributed by atoms with Crippen LogP contribution < -0.4 is 0 Å². The number of esters is 2. The number of benzene rings is 1. The third-order valence-corrected chi connectivity index (χ3v) is 2.57. The molecule has 19 heavy (non-hydrogen) atoms. The molecule has 0 atom stereocenters. The maximum absolute atomic E-state index is 11.4. The van der Waals surface area contributed by atoms with Crippen molar-refractivity contribution in [2.24, 2.45) is 0 Å². The number of imidazole rings is 1. The highest BCUT2D eigenvalue weighted by Gasteiger charge is 2.11. The van der Waals surface area contributed by atoms with Crippen molar-refractivity contribution in [1.29, 1.82) is 0 Å². The van der Waals surface area contributed by atoms with Crippen molar-refractivity contribution >= 4 is 23.0 Å². The standard InChI is InChI=1S/C13H14N2O4/c1-3-19-12(16)7-11-14-9-5-4-8(13(17)18-2)6-10(9)15-11/h4-6H,3,7H2,1-2H3,(H,14,15). The quantitative estimate of drug-likeness (QED) is 0.843. The van der Waals surface area contributed by atoms with Crippen molar-refractivity contribution in [3.05, 3.63) is 29.6 Å². The van der Waals surface area contributed by atoms with Crippen LogP contribution in [0.3, 0.4) is 0 Å². The average Bonchev–Trinajstić information content (AvgIpc) is 2.78. The van der Waals surface area contributed by atoms with Crippen molar-refractivity contribution in [3.8, 4) is 0 Å². The van der Waals surface area contributed by atoms with E-state index in [2.05, 4.69) is 14.7 Å². The van der Waals surface area contributed by atoms with Gasteiger partial charge in [0, 0.05) is 0 Å². The zero-order chi connectivity index (χ0) is 13.8. The minimum Gasteiger partial charge on any atom is -0.466 e. The predicted octanol–water partition coefficient (Wildman–Crippen LogP) is 1.46. The number of aromatic nitrogens is 2. The van der Waals surface area contributed by atoms with E-state index in [1.807, 2.05) is 0 Å². The van der Waals surface area contributed by atoms with E-state index in [-0.39, 0.29) is 12.4 Å². The summed E-state index contributed by atoms with van der Waals surface area (Å²) in [7, 11) is 1.33. The third-order valence-electron chi connectivity index (χ3n) is 2.57. The van der Waals surface area contributed by atoms with Gasteiger partial charge in [-0.1, -0.05) is 0 Å². The smallest absolute Gasteiger partial charge is 0.337 e. The molecule has 0 radical (unpaired) electrons. The number of nitrogens with zero attached hydrogens (tertiary/aromatic N) is 1. The molecule has 1 aromatic heterocycles. The highest BCUT2D eigenvalue weighted by molar-refractivity contribution is 5.93. The average molecular weight is 262 g/mol. The van der Waals surface area contributed by atoms with Crippen LogP contribution in [0.1, 0.15) is 23.1 Å². The first-order valence-corrected chi connectivity index (χ1v) is 5.86. The molecule has 0 bridgehead atoms. The topological polar surface area (TPSA) is 81.3 Å². The molecule has 0 aliphatic rings. The largest absolute Gasteiger partial charge is 0.466 e. The summed E-state index contributed by atoms with van der Waals surface area (Å²) in [4.78, 5) is 30.0. The van der Waals surface area contributed by atoms with Gasteiger partial charge < -0.3 is 14.5 Å². The zero-order valence-electron chi connectivity index (χ0n) is 10.7. The monoisotopic (exact) mass is 262 g/mol. The molecule has 0 spiro atoms. The van der Waals surface area contributed by atoms with E-state index in [1.54, 1.807) is 25.1 Å². The summed E-state index contributed by atoms with van der Waals surface area (Å²) in [5, 5.41) is 0. The van der Waals surface area contributed by atoms with E-state index in [4.69, 9.17) is 4.74 Å². The normalized spacial score (nSPS) is 10.4. The Morgan fingerprint density at radius 1 is 1.37 bits per heavy atom. The molecule has 6 heteroatoms. The molecule has 2 aromatic rings. The van der Waals surface area contributed by atoms with Gasteiger partial charge in [0.2, 0.25) is 0 Å². The van der Waals surface area contributed by atoms with Crippen LogP contribution in [-0.4, -0.2) is 35.6 Å². The minimum absolute atomic E-state index is 0.0794. The summed E-state index contributed by atoms with van der Waals surface area (Å²) in [6, 6.07) is 4.97. The first kappa shape index (κ1) is 13.1. The number of fused-ring (bicyclic) bond motifs is 1. The molecule has 1 heterocycles. The number of hydrogen-bond acceptors (Lipinski definition) is 5. The van der Waals surface area contributed by atoms with Crippen LogP contribution in [0.25, 0.3) is 11.0 Å². The van der Waals surface area contributed by atoms with Crippen molar-refractivity contribution < 1.29 is 19.1 Å². The Balaban J connectivity index is 2.25. The Bertz CT molecular complexity index is 618. The number of rotatable bonds is 4. The summed E-state index contributed by atoms with van der Waals surface area (Å²) in [6.07, 6.45) is 0.0794. The molecule has 0 saturated carbocycles. The van der Waals surface area contributed by atoms with E-state index < -0.39 is 5.97 Å².